The number of amides is 2. The topological polar surface area (TPSA) is 120 Å². The van der Waals surface area contributed by atoms with Gasteiger partial charge in [0.25, 0.3) is 5.91 Å². The molecule has 0 atom stereocenters. The lowest BCUT2D eigenvalue weighted by Gasteiger charge is -2.12. The number of carbonyl (C=O) groups is 2. The third-order valence-electron chi connectivity index (χ3n) is 4.71. The molecule has 0 radical (unpaired) electrons. The normalized spacial score (nSPS) is 16.7. The number of nitrogens with one attached hydrogen (secondary N) is 3. The minimum Gasteiger partial charge on any atom is -0.477 e. The maximum absolute atomic E-state index is 12.9. The zero-order valence-corrected chi connectivity index (χ0v) is 14.8. The Kier molecular flexibility index (Phi) is 3.74. The molecule has 138 valence electrons. The molecule has 0 saturated heterocycles. The van der Waals surface area contributed by atoms with Gasteiger partial charge in [-0.15, -0.1) is 0 Å². The van der Waals surface area contributed by atoms with Gasteiger partial charge in [0.05, 0.1) is 12.1 Å². The largest absolute Gasteiger partial charge is 0.477 e. The number of H-pyrrole nitrogens is 1. The highest BCUT2D eigenvalue weighted by Gasteiger charge is 2.36. The van der Waals surface area contributed by atoms with Crippen molar-refractivity contribution < 1.29 is 19.3 Å². The van der Waals surface area contributed by atoms with E-state index in [1.54, 1.807) is 4.57 Å². The van der Waals surface area contributed by atoms with E-state index in [2.05, 4.69) is 15.7 Å². The highest BCUT2D eigenvalue weighted by atomic mass is 16.3. The molecule has 2 amide bonds. The monoisotopic (exact) mass is 360 g/mol. The number of hydrogen-bond donors (Lipinski definition) is 4. The Bertz CT molecular complexity index is 983. The number of aromatic amines is 1. The molecule has 2 aliphatic rings. The van der Waals surface area contributed by atoms with Crippen LogP contribution in [0.3, 0.4) is 0 Å². The van der Waals surface area contributed by atoms with Crippen molar-refractivity contribution in [3.05, 3.63) is 21.5 Å². The molecule has 4 rings (SSSR count). The Balaban J connectivity index is 1.97. The first-order chi connectivity index (χ1) is 12.4. The average molecular weight is 360 g/mol. The molecule has 0 bridgehead atoms. The van der Waals surface area contributed by atoms with E-state index in [4.69, 9.17) is 0 Å². The highest BCUT2D eigenvalue weighted by Crippen LogP contribution is 2.26. The van der Waals surface area contributed by atoms with E-state index in [9.17, 15) is 19.5 Å². The summed E-state index contributed by atoms with van der Waals surface area (Å²) in [6, 6.07) is 0.0664. The van der Waals surface area contributed by atoms with E-state index in [-0.39, 0.29) is 29.3 Å². The minimum absolute atomic E-state index is 0.0664. The van der Waals surface area contributed by atoms with Gasteiger partial charge in [0.2, 0.25) is 11.5 Å². The Morgan fingerprint density at radius 2 is 2.08 bits per heavy atom. The third-order valence-corrected chi connectivity index (χ3v) is 4.71. The molecule has 9 nitrogen and oxygen atoms in total. The Morgan fingerprint density at radius 1 is 1.35 bits per heavy atom. The van der Waals surface area contributed by atoms with Crippen LogP contribution >= 0.6 is 0 Å². The molecule has 0 unspecified atom stereocenters. The van der Waals surface area contributed by atoms with Crippen LogP contribution in [0.25, 0.3) is 5.65 Å². The maximum Gasteiger partial charge on any atom is 0.378 e. The van der Waals surface area contributed by atoms with E-state index < -0.39 is 11.5 Å². The zero-order chi connectivity index (χ0) is 18.6. The summed E-state index contributed by atoms with van der Waals surface area (Å²) in [5.41, 5.74) is 0.338. The average Bonchev–Trinajstić information content (AvgIpc) is 3.29. The summed E-state index contributed by atoms with van der Waals surface area (Å²) in [5.74, 6) is -0.423. The standard InChI is InChI=1S/C17H21N5O4/c1-8(2)7-21-15-10-5-6-11(23)19-13(10)20-22(15)17(26)12(16(21)25)14(24)18-9-3-4-9/h8-9H,3-7H2,1-2H3,(H3,18,19,20,23,24,25,26)/p+1. The first-order valence-electron chi connectivity index (χ1n) is 8.90. The zero-order valence-electron chi connectivity index (χ0n) is 14.8. The van der Waals surface area contributed by atoms with Crippen molar-refractivity contribution in [2.24, 2.45) is 5.92 Å². The smallest absolute Gasteiger partial charge is 0.378 e. The summed E-state index contributed by atoms with van der Waals surface area (Å²) in [5, 5.41) is 19.1. The van der Waals surface area contributed by atoms with Crippen LogP contribution in [0.2, 0.25) is 0 Å². The predicted octanol–water partition coefficient (Wildman–Crippen LogP) is 0.0536. The number of aromatic hydroxyl groups is 1. The van der Waals surface area contributed by atoms with E-state index in [1.807, 2.05) is 13.8 Å². The SMILES string of the molecule is CC(C)C[n+]1c(O)c(C(=O)NC2CC2)c(=O)n2[nH]c3c(c21)CCC(=O)N3. The van der Waals surface area contributed by atoms with Gasteiger partial charge in [0.1, 0.15) is 0 Å². The summed E-state index contributed by atoms with van der Waals surface area (Å²) in [6.45, 7) is 4.40. The van der Waals surface area contributed by atoms with E-state index in [1.165, 1.54) is 4.52 Å². The molecule has 3 heterocycles. The molecule has 26 heavy (non-hydrogen) atoms. The van der Waals surface area contributed by atoms with Crippen LogP contribution < -0.4 is 20.8 Å². The van der Waals surface area contributed by atoms with Crippen molar-refractivity contribution in [3.8, 4) is 5.88 Å². The lowest BCUT2D eigenvalue weighted by atomic mass is 10.1. The number of aryl methyl sites for hydroxylation is 1. The summed E-state index contributed by atoms with van der Waals surface area (Å²) >= 11 is 0. The maximum atomic E-state index is 12.9. The van der Waals surface area contributed by atoms with Crippen molar-refractivity contribution >= 4 is 23.3 Å². The lowest BCUT2D eigenvalue weighted by Crippen LogP contribution is -2.46. The molecular formula is C17H22N5O4+. The van der Waals surface area contributed by atoms with Crippen LogP contribution in [0.1, 0.15) is 49.0 Å². The number of carbonyl (C=O) groups excluding carboxylic acids is 2. The summed E-state index contributed by atoms with van der Waals surface area (Å²) in [6.07, 6.45) is 2.52. The lowest BCUT2D eigenvalue weighted by molar-refractivity contribution is -0.686. The van der Waals surface area contributed by atoms with Crippen LogP contribution in [0.5, 0.6) is 5.88 Å². The summed E-state index contributed by atoms with van der Waals surface area (Å²) < 4.78 is 2.83. The summed E-state index contributed by atoms with van der Waals surface area (Å²) in [4.78, 5) is 37.1. The molecule has 0 spiro atoms. The Labute approximate surface area is 149 Å². The minimum atomic E-state index is -0.626. The first kappa shape index (κ1) is 16.6. The van der Waals surface area contributed by atoms with Crippen LogP contribution in [0.15, 0.2) is 4.79 Å². The second-order valence-electron chi connectivity index (χ2n) is 7.43. The van der Waals surface area contributed by atoms with Crippen LogP contribution in [-0.2, 0) is 17.8 Å². The van der Waals surface area contributed by atoms with E-state index in [0.717, 1.165) is 18.4 Å². The number of fused-ring (bicyclic) bond motifs is 3. The molecule has 2 aromatic heterocycles. The molecule has 1 aliphatic heterocycles. The quantitative estimate of drug-likeness (QED) is 0.576. The summed E-state index contributed by atoms with van der Waals surface area (Å²) in [7, 11) is 0. The molecule has 1 saturated carbocycles. The van der Waals surface area contributed by atoms with Gasteiger partial charge in [-0.25, -0.2) is 9.89 Å². The number of anilines is 1. The fourth-order valence-electron chi connectivity index (χ4n) is 3.35. The van der Waals surface area contributed by atoms with E-state index in [0.29, 0.717) is 30.9 Å². The second kappa shape index (κ2) is 5.86. The third kappa shape index (κ3) is 2.63. The van der Waals surface area contributed by atoms with Gasteiger partial charge >= 0.3 is 17.1 Å². The van der Waals surface area contributed by atoms with Crippen LogP contribution in [-0.4, -0.2) is 32.6 Å². The number of aromatic nitrogens is 3. The number of hydrogen-bond acceptors (Lipinski definition) is 4. The molecular weight excluding hydrogens is 338 g/mol. The van der Waals surface area contributed by atoms with Crippen molar-refractivity contribution in [3.63, 3.8) is 0 Å². The fraction of sp³-hybridized carbons (Fsp3) is 0.529. The van der Waals surface area contributed by atoms with Crippen molar-refractivity contribution in [1.29, 1.82) is 0 Å². The van der Waals surface area contributed by atoms with Gasteiger partial charge in [0.15, 0.2) is 5.82 Å². The Hall–Kier alpha value is -2.84. The molecule has 9 heteroatoms. The number of nitrogens with zero attached hydrogens (tertiary/aromatic N) is 2. The molecule has 1 fully saturated rings. The van der Waals surface area contributed by atoms with Crippen molar-refractivity contribution in [2.75, 3.05) is 5.32 Å². The molecule has 1 aliphatic carbocycles. The van der Waals surface area contributed by atoms with Gasteiger partial charge < -0.3 is 15.7 Å². The van der Waals surface area contributed by atoms with Gasteiger partial charge in [-0.2, -0.15) is 4.57 Å². The van der Waals surface area contributed by atoms with Gasteiger partial charge in [-0.05, 0) is 25.2 Å². The van der Waals surface area contributed by atoms with Crippen molar-refractivity contribution in [1.82, 2.24) is 14.9 Å². The molecule has 0 aromatic carbocycles. The van der Waals surface area contributed by atoms with Gasteiger partial charge in [-0.3, -0.25) is 9.59 Å². The van der Waals surface area contributed by atoms with E-state index >= 15 is 0 Å². The van der Waals surface area contributed by atoms with Crippen molar-refractivity contribution in [2.45, 2.75) is 52.1 Å². The molecule has 4 N–H and O–H groups in total. The van der Waals surface area contributed by atoms with Gasteiger partial charge in [0, 0.05) is 12.5 Å². The van der Waals surface area contributed by atoms with Gasteiger partial charge in [-0.1, -0.05) is 18.4 Å². The number of rotatable bonds is 4. The van der Waals surface area contributed by atoms with Crippen LogP contribution in [0, 0.1) is 5.92 Å². The first-order valence-corrected chi connectivity index (χ1v) is 8.90. The van der Waals surface area contributed by atoms with Crippen LogP contribution in [0.4, 0.5) is 5.82 Å². The second-order valence-corrected chi connectivity index (χ2v) is 7.43. The Morgan fingerprint density at radius 3 is 2.73 bits per heavy atom. The fourth-order valence-corrected chi connectivity index (χ4v) is 3.35. The predicted molar refractivity (Wildman–Crippen MR) is 92.2 cm³/mol. The molecule has 2 aromatic rings. The highest BCUT2D eigenvalue weighted by molar-refractivity contribution is 5.96.